The summed E-state index contributed by atoms with van der Waals surface area (Å²) in [4.78, 5) is 0. The van der Waals surface area contributed by atoms with Gasteiger partial charge >= 0.3 is 0 Å². The van der Waals surface area contributed by atoms with Crippen LogP contribution in [-0.4, -0.2) is 0 Å². The lowest BCUT2D eigenvalue weighted by Gasteiger charge is -2.24. The molecule has 1 aliphatic rings. The maximum Gasteiger partial charge on any atom is 0.0165 e. The molecule has 0 unspecified atom stereocenters. The Morgan fingerprint density at radius 3 is 1.97 bits per heavy atom. The summed E-state index contributed by atoms with van der Waals surface area (Å²) in [5.74, 6) is 0. The second-order valence-corrected chi connectivity index (χ2v) is 8.59. The normalized spacial score (nSPS) is 14.1. The topological polar surface area (TPSA) is 0 Å². The molecule has 0 bridgehead atoms. The molecule has 0 amide bonds. The highest BCUT2D eigenvalue weighted by molar-refractivity contribution is 6.16. The second-order valence-electron chi connectivity index (χ2n) is 8.59. The minimum atomic E-state index is -0.0121. The molecule has 0 fully saturated rings. The van der Waals surface area contributed by atoms with E-state index in [1.165, 1.54) is 54.9 Å². The highest BCUT2D eigenvalue weighted by atomic mass is 14.4. The molecular weight excluding hydrogens is 348 g/mol. The minimum Gasteiger partial charge on any atom is -0.0622 e. The Kier molecular flexibility index (Phi) is 3.32. The third kappa shape index (κ3) is 2.20. The Labute approximate surface area is 171 Å². The zero-order valence-electron chi connectivity index (χ0n) is 16.7. The van der Waals surface area contributed by atoms with Crippen LogP contribution in [0, 0.1) is 0 Å². The summed E-state index contributed by atoms with van der Waals surface area (Å²) in [5.41, 5.74) is 8.22. The van der Waals surface area contributed by atoms with Crippen molar-refractivity contribution < 1.29 is 0 Å². The van der Waals surface area contributed by atoms with E-state index >= 15 is 0 Å². The molecule has 29 heavy (non-hydrogen) atoms. The SMILES string of the molecule is CC1(C)c2ccccc2-c2ccc3c(cc(-c4ccccc4)c4ccccc43)c21. The summed E-state index contributed by atoms with van der Waals surface area (Å²) in [6, 6.07) is 35.6. The van der Waals surface area contributed by atoms with Gasteiger partial charge in [0.2, 0.25) is 0 Å². The Hall–Kier alpha value is -3.38. The lowest BCUT2D eigenvalue weighted by molar-refractivity contribution is 0.666. The van der Waals surface area contributed by atoms with Crippen LogP contribution in [0.4, 0.5) is 0 Å². The molecule has 0 spiro atoms. The molecular formula is C29H22. The van der Waals surface area contributed by atoms with Crippen LogP contribution in [0.5, 0.6) is 0 Å². The van der Waals surface area contributed by atoms with Crippen LogP contribution in [0.1, 0.15) is 25.0 Å². The molecule has 5 aromatic rings. The summed E-state index contributed by atoms with van der Waals surface area (Å²) < 4.78 is 0. The second kappa shape index (κ2) is 5.81. The highest BCUT2D eigenvalue weighted by Crippen LogP contribution is 2.52. The number of rotatable bonds is 1. The molecule has 0 radical (unpaired) electrons. The van der Waals surface area contributed by atoms with Gasteiger partial charge < -0.3 is 0 Å². The Morgan fingerprint density at radius 2 is 1.14 bits per heavy atom. The number of hydrogen-bond donors (Lipinski definition) is 0. The maximum atomic E-state index is 2.43. The predicted octanol–water partition coefficient (Wildman–Crippen LogP) is 7.97. The lowest BCUT2D eigenvalue weighted by Crippen LogP contribution is -2.15. The van der Waals surface area contributed by atoms with Crippen LogP contribution in [0.15, 0.2) is 97.1 Å². The van der Waals surface area contributed by atoms with Crippen molar-refractivity contribution >= 4 is 21.5 Å². The van der Waals surface area contributed by atoms with Crippen LogP contribution in [0.25, 0.3) is 43.8 Å². The molecule has 0 saturated heterocycles. The molecule has 0 N–H and O–H groups in total. The van der Waals surface area contributed by atoms with Gasteiger partial charge in [0.05, 0.1) is 0 Å². The summed E-state index contributed by atoms with van der Waals surface area (Å²) in [5, 5.41) is 5.37. The van der Waals surface area contributed by atoms with Crippen molar-refractivity contribution in [3.63, 3.8) is 0 Å². The molecule has 1 aliphatic carbocycles. The smallest absolute Gasteiger partial charge is 0.0165 e. The van der Waals surface area contributed by atoms with Crippen LogP contribution < -0.4 is 0 Å². The molecule has 0 aliphatic heterocycles. The van der Waals surface area contributed by atoms with E-state index in [1.807, 2.05) is 0 Å². The zero-order valence-corrected chi connectivity index (χ0v) is 16.7. The van der Waals surface area contributed by atoms with E-state index in [4.69, 9.17) is 0 Å². The summed E-state index contributed by atoms with van der Waals surface area (Å²) in [6.07, 6.45) is 0. The van der Waals surface area contributed by atoms with Crippen molar-refractivity contribution in [2.75, 3.05) is 0 Å². The Morgan fingerprint density at radius 1 is 0.483 bits per heavy atom. The van der Waals surface area contributed by atoms with Crippen LogP contribution in [-0.2, 0) is 5.41 Å². The van der Waals surface area contributed by atoms with Crippen LogP contribution in [0.2, 0.25) is 0 Å². The molecule has 6 rings (SSSR count). The third-order valence-electron chi connectivity index (χ3n) is 6.64. The van der Waals surface area contributed by atoms with Crippen molar-refractivity contribution in [2.45, 2.75) is 19.3 Å². The molecule has 0 saturated carbocycles. The van der Waals surface area contributed by atoms with Crippen LogP contribution in [0.3, 0.4) is 0 Å². The summed E-state index contributed by atoms with van der Waals surface area (Å²) in [7, 11) is 0. The third-order valence-corrected chi connectivity index (χ3v) is 6.64. The van der Waals surface area contributed by atoms with E-state index in [0.29, 0.717) is 0 Å². The van der Waals surface area contributed by atoms with Crippen molar-refractivity contribution in [3.8, 4) is 22.3 Å². The average Bonchev–Trinajstić information content (AvgIpc) is 3.01. The maximum absolute atomic E-state index is 2.43. The highest BCUT2D eigenvalue weighted by Gasteiger charge is 2.36. The largest absolute Gasteiger partial charge is 0.0622 e. The quantitative estimate of drug-likeness (QED) is 0.262. The Balaban J connectivity index is 1.80. The minimum absolute atomic E-state index is 0.0121. The molecule has 0 nitrogen and oxygen atoms in total. The fourth-order valence-corrected chi connectivity index (χ4v) is 5.33. The Bertz CT molecular complexity index is 1400. The summed E-state index contributed by atoms with van der Waals surface area (Å²) >= 11 is 0. The van der Waals surface area contributed by atoms with Gasteiger partial charge in [-0.25, -0.2) is 0 Å². The van der Waals surface area contributed by atoms with Gasteiger partial charge in [0, 0.05) is 5.41 Å². The fourth-order valence-electron chi connectivity index (χ4n) is 5.33. The van der Waals surface area contributed by atoms with Gasteiger partial charge in [-0.05, 0) is 61.0 Å². The average molecular weight is 370 g/mol. The van der Waals surface area contributed by atoms with E-state index in [2.05, 4.69) is 111 Å². The first-order chi connectivity index (χ1) is 14.2. The number of hydrogen-bond acceptors (Lipinski definition) is 0. The van der Waals surface area contributed by atoms with Crippen molar-refractivity contribution in [1.82, 2.24) is 0 Å². The van der Waals surface area contributed by atoms with Crippen molar-refractivity contribution in [2.24, 2.45) is 0 Å². The van der Waals surface area contributed by atoms with Crippen molar-refractivity contribution in [1.29, 1.82) is 0 Å². The van der Waals surface area contributed by atoms with Gasteiger partial charge in [-0.3, -0.25) is 0 Å². The van der Waals surface area contributed by atoms with E-state index in [1.54, 1.807) is 0 Å². The van der Waals surface area contributed by atoms with E-state index in [-0.39, 0.29) is 5.41 Å². The molecule has 5 aromatic carbocycles. The molecule has 0 heteroatoms. The van der Waals surface area contributed by atoms with Gasteiger partial charge in [0.25, 0.3) is 0 Å². The number of benzene rings is 5. The first-order valence-corrected chi connectivity index (χ1v) is 10.3. The molecule has 0 aromatic heterocycles. The zero-order chi connectivity index (χ0) is 19.6. The van der Waals surface area contributed by atoms with Crippen molar-refractivity contribution in [3.05, 3.63) is 108 Å². The van der Waals surface area contributed by atoms with Gasteiger partial charge in [-0.2, -0.15) is 0 Å². The first-order valence-electron chi connectivity index (χ1n) is 10.3. The lowest BCUT2D eigenvalue weighted by atomic mass is 9.79. The van der Waals surface area contributed by atoms with E-state index in [9.17, 15) is 0 Å². The van der Waals surface area contributed by atoms with Gasteiger partial charge in [0.15, 0.2) is 0 Å². The van der Waals surface area contributed by atoms with Crippen LogP contribution >= 0.6 is 0 Å². The fraction of sp³-hybridized carbons (Fsp3) is 0.103. The molecule has 138 valence electrons. The first kappa shape index (κ1) is 16.6. The predicted molar refractivity (Wildman–Crippen MR) is 124 cm³/mol. The molecule has 0 atom stereocenters. The summed E-state index contributed by atoms with van der Waals surface area (Å²) in [6.45, 7) is 4.74. The van der Waals surface area contributed by atoms with E-state index in [0.717, 1.165) is 0 Å². The standard InChI is InChI=1S/C29H22/c1-29(2)27-15-9-8-14-23(27)24-17-16-22-20-12-6-7-13-21(20)25(18-26(22)28(24)29)19-10-4-3-5-11-19/h3-18H,1-2H3. The van der Waals surface area contributed by atoms with Gasteiger partial charge in [-0.1, -0.05) is 105 Å². The van der Waals surface area contributed by atoms with Gasteiger partial charge in [-0.15, -0.1) is 0 Å². The van der Waals surface area contributed by atoms with Gasteiger partial charge in [0.1, 0.15) is 0 Å². The monoisotopic (exact) mass is 370 g/mol. The number of fused-ring (bicyclic) bond motifs is 7. The van der Waals surface area contributed by atoms with E-state index < -0.39 is 0 Å². The molecule has 0 heterocycles.